The van der Waals surface area contributed by atoms with Gasteiger partial charge in [0.1, 0.15) is 6.10 Å². The van der Waals surface area contributed by atoms with Crippen LogP contribution in [0.25, 0.3) is 0 Å². The van der Waals surface area contributed by atoms with Crippen LogP contribution in [0, 0.1) is 22.0 Å². The van der Waals surface area contributed by atoms with E-state index in [-0.39, 0.29) is 17.1 Å². The second kappa shape index (κ2) is 3.88. The lowest BCUT2D eigenvalue weighted by Gasteiger charge is -2.33. The van der Waals surface area contributed by atoms with Gasteiger partial charge in [0.25, 0.3) is 0 Å². The summed E-state index contributed by atoms with van der Waals surface area (Å²) in [5, 5.41) is 11.1. The molecule has 19 heavy (non-hydrogen) atoms. The summed E-state index contributed by atoms with van der Waals surface area (Å²) >= 11 is 0. The van der Waals surface area contributed by atoms with E-state index in [1.807, 2.05) is 0 Å². The predicted molar refractivity (Wildman–Crippen MR) is 63.6 cm³/mol. The van der Waals surface area contributed by atoms with Crippen molar-refractivity contribution in [1.29, 1.82) is 0 Å². The molecule has 3 rings (SSSR count). The van der Waals surface area contributed by atoms with Gasteiger partial charge < -0.3 is 4.74 Å². The van der Waals surface area contributed by atoms with Gasteiger partial charge in [0.2, 0.25) is 6.04 Å². The predicted octanol–water partition coefficient (Wildman–Crippen LogP) is 0.815. The average molecular weight is 261 g/mol. The van der Waals surface area contributed by atoms with Gasteiger partial charge in [0.05, 0.1) is 17.6 Å². The molecule has 0 aromatic heterocycles. The number of carbonyl (C=O) groups excluding carboxylic acids is 2. The molecule has 6 nitrogen and oxygen atoms in total. The van der Waals surface area contributed by atoms with Gasteiger partial charge in [0.15, 0.2) is 11.6 Å². The highest BCUT2D eigenvalue weighted by Crippen LogP contribution is 2.41. The van der Waals surface area contributed by atoms with Crippen LogP contribution >= 0.6 is 0 Å². The summed E-state index contributed by atoms with van der Waals surface area (Å²) in [6.45, 7) is 1.69. The molecular formula is C13H11NO5. The van der Waals surface area contributed by atoms with E-state index in [1.165, 1.54) is 12.2 Å². The normalized spacial score (nSPS) is 36.1. The van der Waals surface area contributed by atoms with E-state index in [9.17, 15) is 19.7 Å². The van der Waals surface area contributed by atoms with Crippen LogP contribution in [0.15, 0.2) is 35.6 Å². The zero-order valence-electron chi connectivity index (χ0n) is 10.1. The minimum absolute atomic E-state index is 0.193. The van der Waals surface area contributed by atoms with Gasteiger partial charge in [-0.15, -0.1) is 0 Å². The van der Waals surface area contributed by atoms with Gasteiger partial charge in [-0.1, -0.05) is 0 Å². The van der Waals surface area contributed by atoms with E-state index in [0.717, 1.165) is 6.08 Å². The molecule has 1 heterocycles. The fraction of sp³-hybridized carbons (Fsp3) is 0.385. The molecule has 1 aliphatic heterocycles. The number of rotatable bonds is 1. The maximum atomic E-state index is 11.9. The van der Waals surface area contributed by atoms with Crippen molar-refractivity contribution in [3.05, 3.63) is 45.8 Å². The first-order valence-electron chi connectivity index (χ1n) is 5.95. The number of nitrogens with zero attached hydrogens (tertiary/aromatic N) is 1. The Morgan fingerprint density at radius 3 is 2.68 bits per heavy atom. The van der Waals surface area contributed by atoms with Crippen molar-refractivity contribution in [2.24, 2.45) is 11.8 Å². The first-order chi connectivity index (χ1) is 8.99. The van der Waals surface area contributed by atoms with E-state index in [1.54, 1.807) is 13.0 Å². The van der Waals surface area contributed by atoms with Crippen LogP contribution in [0.1, 0.15) is 6.92 Å². The first kappa shape index (κ1) is 11.8. The maximum Gasteiger partial charge on any atom is 0.241 e. The smallest absolute Gasteiger partial charge is 0.241 e. The fourth-order valence-electron chi connectivity index (χ4n) is 2.97. The average Bonchev–Trinajstić information content (AvgIpc) is 2.73. The Morgan fingerprint density at radius 1 is 1.26 bits per heavy atom. The molecule has 0 aromatic carbocycles. The lowest BCUT2D eigenvalue weighted by Crippen LogP contribution is -2.47. The molecule has 4 atom stereocenters. The van der Waals surface area contributed by atoms with Crippen LogP contribution in [0.2, 0.25) is 0 Å². The molecule has 0 amide bonds. The highest BCUT2D eigenvalue weighted by atomic mass is 16.6. The molecular weight excluding hydrogens is 250 g/mol. The topological polar surface area (TPSA) is 86.5 Å². The number of allylic oxidation sites excluding steroid dienone is 3. The third-order valence-corrected chi connectivity index (χ3v) is 3.77. The highest BCUT2D eigenvalue weighted by molar-refractivity contribution is 6.16. The van der Waals surface area contributed by atoms with Crippen molar-refractivity contribution < 1.29 is 19.2 Å². The third-order valence-electron chi connectivity index (χ3n) is 3.77. The molecule has 0 aromatic rings. The molecule has 0 unspecified atom stereocenters. The van der Waals surface area contributed by atoms with Crippen LogP contribution in [0.5, 0.6) is 0 Å². The second-order valence-electron chi connectivity index (χ2n) is 4.91. The molecule has 98 valence electrons. The van der Waals surface area contributed by atoms with Gasteiger partial charge in [-0.05, 0) is 31.2 Å². The van der Waals surface area contributed by atoms with Gasteiger partial charge in [0, 0.05) is 10.5 Å². The third kappa shape index (κ3) is 1.63. The minimum Gasteiger partial charge on any atom is -0.493 e. The van der Waals surface area contributed by atoms with E-state index in [2.05, 4.69) is 0 Å². The van der Waals surface area contributed by atoms with Crippen LogP contribution in [-0.2, 0) is 14.3 Å². The zero-order valence-corrected chi connectivity index (χ0v) is 10.1. The van der Waals surface area contributed by atoms with E-state index in [4.69, 9.17) is 4.74 Å². The summed E-state index contributed by atoms with van der Waals surface area (Å²) in [7, 11) is 0. The Bertz CT molecular complexity index is 586. The molecule has 2 aliphatic carbocycles. The van der Waals surface area contributed by atoms with Crippen LogP contribution in [0.3, 0.4) is 0 Å². The Hall–Kier alpha value is -2.24. The monoisotopic (exact) mass is 261 g/mol. The zero-order chi connectivity index (χ0) is 13.7. The van der Waals surface area contributed by atoms with Gasteiger partial charge in [-0.3, -0.25) is 19.7 Å². The van der Waals surface area contributed by atoms with Gasteiger partial charge in [-0.25, -0.2) is 0 Å². The Labute approximate surface area is 108 Å². The number of ether oxygens (including phenoxy) is 1. The number of carbonyl (C=O) groups is 2. The number of nitro groups is 1. The number of hydrogen-bond donors (Lipinski definition) is 0. The largest absolute Gasteiger partial charge is 0.493 e. The van der Waals surface area contributed by atoms with Crippen LogP contribution < -0.4 is 0 Å². The lowest BCUT2D eigenvalue weighted by molar-refractivity contribution is -0.519. The van der Waals surface area contributed by atoms with Crippen molar-refractivity contribution in [1.82, 2.24) is 0 Å². The number of hydrogen-bond acceptors (Lipinski definition) is 5. The standard InChI is InChI=1S/C13H11NO5/c1-6-4-7-9(14(17)18)5-8-10(15)2-3-11(16)12(8)13(7)19-6/h2-5,7,9,12-13H,1H3/t7-,9-,12-,13-/m0/s1. The molecule has 0 saturated carbocycles. The minimum atomic E-state index is -1.02. The summed E-state index contributed by atoms with van der Waals surface area (Å²) in [4.78, 5) is 34.5. The molecule has 6 heteroatoms. The summed E-state index contributed by atoms with van der Waals surface area (Å²) < 4.78 is 5.54. The van der Waals surface area contributed by atoms with E-state index >= 15 is 0 Å². The molecule has 0 saturated heterocycles. The highest BCUT2D eigenvalue weighted by Gasteiger charge is 2.52. The molecule has 3 aliphatic rings. The Balaban J connectivity index is 2.12. The molecule has 0 spiro atoms. The number of fused-ring (bicyclic) bond motifs is 3. The molecule has 0 radical (unpaired) electrons. The SMILES string of the molecule is CC1=C[C@@H]2[C@H](O1)[C@@H]1C(=O)C=CC(=O)C1=C[C@@H]2[N+](=O)[O-]. The van der Waals surface area contributed by atoms with Crippen molar-refractivity contribution in [3.63, 3.8) is 0 Å². The Kier molecular flexibility index (Phi) is 2.41. The van der Waals surface area contributed by atoms with E-state index < -0.39 is 28.9 Å². The molecule has 0 bridgehead atoms. The van der Waals surface area contributed by atoms with Crippen molar-refractivity contribution >= 4 is 11.6 Å². The molecule has 0 N–H and O–H groups in total. The first-order valence-corrected chi connectivity index (χ1v) is 5.95. The summed E-state index contributed by atoms with van der Waals surface area (Å²) in [6, 6.07) is -1.02. The van der Waals surface area contributed by atoms with Gasteiger partial charge in [-0.2, -0.15) is 0 Å². The maximum absolute atomic E-state index is 11.9. The van der Waals surface area contributed by atoms with Crippen LogP contribution in [-0.4, -0.2) is 28.6 Å². The second-order valence-corrected chi connectivity index (χ2v) is 4.91. The van der Waals surface area contributed by atoms with E-state index in [0.29, 0.717) is 5.76 Å². The Morgan fingerprint density at radius 2 is 2.00 bits per heavy atom. The van der Waals surface area contributed by atoms with Crippen molar-refractivity contribution in [3.8, 4) is 0 Å². The van der Waals surface area contributed by atoms with Crippen LogP contribution in [0.4, 0.5) is 0 Å². The summed E-state index contributed by atoms with van der Waals surface area (Å²) in [5.41, 5.74) is 0.193. The van der Waals surface area contributed by atoms with Crippen molar-refractivity contribution in [2.75, 3.05) is 0 Å². The summed E-state index contributed by atoms with van der Waals surface area (Å²) in [5.74, 6) is -1.22. The quantitative estimate of drug-likeness (QED) is 0.515. The van der Waals surface area contributed by atoms with Crippen molar-refractivity contribution in [2.45, 2.75) is 19.1 Å². The van der Waals surface area contributed by atoms with Gasteiger partial charge >= 0.3 is 0 Å². The summed E-state index contributed by atoms with van der Waals surface area (Å²) in [6.07, 6.45) is 4.73. The lowest BCUT2D eigenvalue weighted by atomic mass is 9.71. The number of ketones is 2. The molecule has 0 fully saturated rings. The fourth-order valence-corrected chi connectivity index (χ4v) is 2.97.